The molecule has 0 spiro atoms. The molecule has 32 heavy (non-hydrogen) atoms. The molecule has 4 aromatic rings. The molecule has 1 fully saturated rings. The van der Waals surface area contributed by atoms with E-state index in [-0.39, 0.29) is 19.1 Å². The fourth-order valence-corrected chi connectivity index (χ4v) is 4.35. The van der Waals surface area contributed by atoms with Crippen LogP contribution < -0.4 is 10.2 Å². The third kappa shape index (κ3) is 3.91. The van der Waals surface area contributed by atoms with Gasteiger partial charge < -0.3 is 20.3 Å². The predicted molar refractivity (Wildman–Crippen MR) is 127 cm³/mol. The van der Waals surface area contributed by atoms with Crippen LogP contribution in [-0.4, -0.2) is 52.2 Å². The van der Waals surface area contributed by atoms with Gasteiger partial charge in [0.1, 0.15) is 11.3 Å². The van der Waals surface area contributed by atoms with Crippen molar-refractivity contribution in [2.45, 2.75) is 19.8 Å². The maximum absolute atomic E-state index is 12.3. The number of H-pyrrole nitrogens is 1. The average molecular weight is 430 g/mol. The van der Waals surface area contributed by atoms with Crippen LogP contribution in [0.1, 0.15) is 30.3 Å². The van der Waals surface area contributed by atoms with Crippen LogP contribution >= 0.6 is 0 Å². The number of hydrogen-bond donors (Lipinski definition) is 3. The van der Waals surface area contributed by atoms with Gasteiger partial charge in [-0.1, -0.05) is 19.1 Å². The molecule has 0 unspecified atom stereocenters. The van der Waals surface area contributed by atoms with Gasteiger partial charge in [-0.3, -0.25) is 4.79 Å². The summed E-state index contributed by atoms with van der Waals surface area (Å²) in [6.45, 7) is 4.65. The van der Waals surface area contributed by atoms with E-state index in [0.29, 0.717) is 5.69 Å². The first-order valence-corrected chi connectivity index (χ1v) is 11.1. The summed E-state index contributed by atoms with van der Waals surface area (Å²) < 4.78 is 0. The first kappa shape index (κ1) is 20.5. The fourth-order valence-electron chi connectivity index (χ4n) is 4.35. The van der Waals surface area contributed by atoms with E-state index in [1.54, 1.807) is 12.3 Å². The molecule has 0 atom stereocenters. The fraction of sp³-hybridized carbons (Fsp3) is 0.320. The summed E-state index contributed by atoms with van der Waals surface area (Å²) in [5, 5.41) is 13.4. The monoisotopic (exact) mass is 429 g/mol. The topological polar surface area (TPSA) is 94.1 Å². The number of piperidine rings is 1. The van der Waals surface area contributed by atoms with Crippen LogP contribution in [0.5, 0.6) is 0 Å². The number of carbonyl (C=O) groups is 1. The molecule has 1 aromatic carbocycles. The Morgan fingerprint density at radius 1 is 1.09 bits per heavy atom. The molecule has 0 aliphatic carbocycles. The number of aromatic nitrogens is 3. The van der Waals surface area contributed by atoms with E-state index in [1.807, 2.05) is 6.20 Å². The summed E-state index contributed by atoms with van der Waals surface area (Å²) in [5.41, 5.74) is 5.32. The number of nitrogens with one attached hydrogen (secondary N) is 2. The molecule has 1 aliphatic heterocycles. The number of aliphatic hydroxyl groups is 1. The Morgan fingerprint density at radius 3 is 2.62 bits per heavy atom. The number of pyridine rings is 2. The zero-order valence-corrected chi connectivity index (χ0v) is 18.1. The van der Waals surface area contributed by atoms with Gasteiger partial charge in [0, 0.05) is 47.9 Å². The quantitative estimate of drug-likeness (QED) is 0.449. The molecule has 1 saturated heterocycles. The van der Waals surface area contributed by atoms with Crippen LogP contribution in [0.2, 0.25) is 0 Å². The van der Waals surface area contributed by atoms with Crippen molar-refractivity contribution in [1.29, 1.82) is 0 Å². The van der Waals surface area contributed by atoms with E-state index in [2.05, 4.69) is 62.4 Å². The number of rotatable bonds is 5. The van der Waals surface area contributed by atoms with Crippen LogP contribution in [0.3, 0.4) is 0 Å². The second-order valence-electron chi connectivity index (χ2n) is 8.56. The lowest BCUT2D eigenvalue weighted by atomic mass is 9.98. The Kier molecular flexibility index (Phi) is 5.49. The SMILES string of the molecule is CC1CCN(c2ccc(-c3cnc4[nH]c5cnc(C(=O)NCCO)cc5c4c3)cc2)CC1. The summed E-state index contributed by atoms with van der Waals surface area (Å²) >= 11 is 0. The molecule has 3 N–H and O–H groups in total. The van der Waals surface area contributed by atoms with E-state index in [9.17, 15) is 4.79 Å². The van der Waals surface area contributed by atoms with Gasteiger partial charge in [-0.2, -0.15) is 0 Å². The minimum atomic E-state index is -0.304. The minimum absolute atomic E-state index is 0.107. The molecular weight excluding hydrogens is 402 g/mol. The Morgan fingerprint density at radius 2 is 1.88 bits per heavy atom. The van der Waals surface area contributed by atoms with Crippen molar-refractivity contribution in [3.63, 3.8) is 0 Å². The minimum Gasteiger partial charge on any atom is -0.395 e. The van der Waals surface area contributed by atoms with E-state index in [0.717, 1.165) is 52.1 Å². The molecule has 1 aliphatic rings. The summed E-state index contributed by atoms with van der Waals surface area (Å²) in [7, 11) is 0. The van der Waals surface area contributed by atoms with Crippen molar-refractivity contribution in [1.82, 2.24) is 20.3 Å². The highest BCUT2D eigenvalue weighted by molar-refractivity contribution is 6.09. The van der Waals surface area contributed by atoms with Gasteiger partial charge in [-0.25, -0.2) is 9.97 Å². The van der Waals surface area contributed by atoms with Gasteiger partial charge in [-0.05, 0) is 48.6 Å². The van der Waals surface area contributed by atoms with Crippen molar-refractivity contribution in [2.24, 2.45) is 5.92 Å². The van der Waals surface area contributed by atoms with Crippen molar-refractivity contribution in [2.75, 3.05) is 31.1 Å². The molecule has 5 rings (SSSR count). The Balaban J connectivity index is 1.45. The number of benzene rings is 1. The molecule has 0 bridgehead atoms. The second kappa shape index (κ2) is 8.59. The van der Waals surface area contributed by atoms with Crippen molar-refractivity contribution >= 4 is 33.5 Å². The molecule has 3 aromatic heterocycles. The van der Waals surface area contributed by atoms with Crippen LogP contribution in [0.15, 0.2) is 48.8 Å². The largest absolute Gasteiger partial charge is 0.395 e. The van der Waals surface area contributed by atoms with Crippen molar-refractivity contribution in [3.05, 3.63) is 54.5 Å². The van der Waals surface area contributed by atoms with Gasteiger partial charge in [0.15, 0.2) is 0 Å². The van der Waals surface area contributed by atoms with Gasteiger partial charge in [0.25, 0.3) is 5.91 Å². The lowest BCUT2D eigenvalue weighted by Crippen LogP contribution is -2.32. The predicted octanol–water partition coefficient (Wildman–Crippen LogP) is 3.74. The number of amides is 1. The Labute approximate surface area is 186 Å². The van der Waals surface area contributed by atoms with Gasteiger partial charge in [0.05, 0.1) is 18.3 Å². The molecule has 7 nitrogen and oxygen atoms in total. The third-order valence-corrected chi connectivity index (χ3v) is 6.31. The van der Waals surface area contributed by atoms with Gasteiger partial charge in [0.2, 0.25) is 0 Å². The summed E-state index contributed by atoms with van der Waals surface area (Å²) in [6, 6.07) is 12.6. The third-order valence-electron chi connectivity index (χ3n) is 6.31. The van der Waals surface area contributed by atoms with E-state index >= 15 is 0 Å². The number of aliphatic hydroxyl groups excluding tert-OH is 1. The molecule has 4 heterocycles. The van der Waals surface area contributed by atoms with Crippen molar-refractivity contribution in [3.8, 4) is 11.1 Å². The molecule has 164 valence electrons. The lowest BCUT2D eigenvalue weighted by molar-refractivity contribution is 0.0940. The van der Waals surface area contributed by atoms with Crippen LogP contribution in [0.25, 0.3) is 33.1 Å². The lowest BCUT2D eigenvalue weighted by Gasteiger charge is -2.32. The van der Waals surface area contributed by atoms with Crippen LogP contribution in [-0.2, 0) is 0 Å². The maximum atomic E-state index is 12.3. The van der Waals surface area contributed by atoms with Crippen molar-refractivity contribution < 1.29 is 9.90 Å². The Hall–Kier alpha value is -3.45. The molecule has 0 saturated carbocycles. The number of aromatic amines is 1. The van der Waals surface area contributed by atoms with Crippen LogP contribution in [0, 0.1) is 5.92 Å². The second-order valence-corrected chi connectivity index (χ2v) is 8.56. The van der Waals surface area contributed by atoms with Gasteiger partial charge in [-0.15, -0.1) is 0 Å². The number of nitrogens with zero attached hydrogens (tertiary/aromatic N) is 3. The van der Waals surface area contributed by atoms with E-state index < -0.39 is 0 Å². The van der Waals surface area contributed by atoms with Crippen LogP contribution in [0.4, 0.5) is 5.69 Å². The number of fused-ring (bicyclic) bond motifs is 3. The molecule has 7 heteroatoms. The molecular formula is C25H27N5O2. The zero-order chi connectivity index (χ0) is 22.1. The average Bonchev–Trinajstić information content (AvgIpc) is 3.20. The highest BCUT2D eigenvalue weighted by Gasteiger charge is 2.16. The first-order chi connectivity index (χ1) is 15.6. The summed E-state index contributed by atoms with van der Waals surface area (Å²) in [6.07, 6.45) is 6.02. The molecule has 0 radical (unpaired) electrons. The Bertz CT molecular complexity index is 1260. The summed E-state index contributed by atoms with van der Waals surface area (Å²) in [5.74, 6) is 0.512. The number of carbonyl (C=O) groups excluding carboxylic acids is 1. The molecule has 1 amide bonds. The van der Waals surface area contributed by atoms with Gasteiger partial charge >= 0.3 is 0 Å². The first-order valence-electron chi connectivity index (χ1n) is 11.1. The van der Waals surface area contributed by atoms with E-state index in [4.69, 9.17) is 5.11 Å². The smallest absolute Gasteiger partial charge is 0.269 e. The highest BCUT2D eigenvalue weighted by atomic mass is 16.3. The standard InChI is InChI=1S/C25H27N5O2/c1-16-6-9-30(10-7-16)19-4-2-17(3-5-19)18-12-21-20-13-22(25(32)26-8-11-31)27-15-23(20)29-24(21)28-14-18/h2-5,12-16,31H,6-11H2,1H3,(H,26,32)(H,28,29). The zero-order valence-electron chi connectivity index (χ0n) is 18.1. The number of anilines is 1. The summed E-state index contributed by atoms with van der Waals surface area (Å²) in [4.78, 5) is 26.8. The highest BCUT2D eigenvalue weighted by Crippen LogP contribution is 2.30. The number of hydrogen-bond acceptors (Lipinski definition) is 5. The normalized spacial score (nSPS) is 14.9. The van der Waals surface area contributed by atoms with E-state index in [1.165, 1.54) is 18.5 Å². The maximum Gasteiger partial charge on any atom is 0.269 e.